The van der Waals surface area contributed by atoms with Gasteiger partial charge >= 0.3 is 0 Å². The minimum atomic E-state index is -0.156. The molecule has 0 saturated carbocycles. The molecule has 0 aromatic heterocycles. The third kappa shape index (κ3) is 6.55. The van der Waals surface area contributed by atoms with Crippen LogP contribution >= 0.6 is 0 Å². The van der Waals surface area contributed by atoms with E-state index in [-0.39, 0.29) is 5.91 Å². The first-order valence-electron chi connectivity index (χ1n) is 10.2. The summed E-state index contributed by atoms with van der Waals surface area (Å²) in [5.41, 5.74) is 11.0. The van der Waals surface area contributed by atoms with Crippen molar-refractivity contribution in [2.45, 2.75) is 27.2 Å². The zero-order chi connectivity index (χ0) is 21.6. The van der Waals surface area contributed by atoms with Crippen LogP contribution in [0, 0.1) is 5.41 Å². The van der Waals surface area contributed by atoms with Crippen molar-refractivity contribution in [2.75, 3.05) is 28.2 Å². The molecular formula is C25H30N4O. The second-order valence-electron chi connectivity index (χ2n) is 8.59. The van der Waals surface area contributed by atoms with E-state index in [1.807, 2.05) is 24.3 Å². The van der Waals surface area contributed by atoms with Crippen molar-refractivity contribution >= 4 is 34.3 Å². The van der Waals surface area contributed by atoms with E-state index in [0.29, 0.717) is 22.4 Å². The minimum Gasteiger partial charge on any atom is -0.399 e. The molecule has 0 saturated heterocycles. The van der Waals surface area contributed by atoms with Crippen LogP contribution in [0.15, 0.2) is 72.8 Å². The number of anilines is 5. The first-order chi connectivity index (χ1) is 14.3. The van der Waals surface area contributed by atoms with E-state index in [1.165, 1.54) is 0 Å². The summed E-state index contributed by atoms with van der Waals surface area (Å²) in [6.45, 7) is 7.69. The largest absolute Gasteiger partial charge is 0.399 e. The molecule has 0 radical (unpaired) electrons. The predicted octanol–water partition coefficient (Wildman–Crippen LogP) is 6.11. The van der Waals surface area contributed by atoms with Crippen LogP contribution in [-0.4, -0.2) is 12.5 Å². The Morgan fingerprint density at radius 1 is 0.767 bits per heavy atom. The second-order valence-corrected chi connectivity index (χ2v) is 8.59. The van der Waals surface area contributed by atoms with Crippen LogP contribution in [0.1, 0.15) is 37.6 Å². The first kappa shape index (κ1) is 21.2. The van der Waals surface area contributed by atoms with Crippen LogP contribution in [0.5, 0.6) is 0 Å². The summed E-state index contributed by atoms with van der Waals surface area (Å²) in [5.74, 6) is -0.156. The number of carbonyl (C=O) groups is 1. The molecule has 0 aliphatic rings. The molecule has 3 rings (SSSR count). The lowest BCUT2D eigenvalue weighted by Crippen LogP contribution is -2.12. The Morgan fingerprint density at radius 3 is 1.83 bits per heavy atom. The van der Waals surface area contributed by atoms with Crippen LogP contribution in [0.25, 0.3) is 0 Å². The standard InChI is InChI=1S/C25H30N4O/c1-25(2,3)16-17-27-20-12-14-22(15-13-20)28-21-8-4-18(5-9-21)24(30)29-23-10-6-19(26)7-11-23/h4-15,27-28H,16-17,26H2,1-3H3,(H,29,30). The van der Waals surface area contributed by atoms with E-state index in [1.54, 1.807) is 36.4 Å². The van der Waals surface area contributed by atoms with Gasteiger partial charge in [0, 0.05) is 40.5 Å². The molecule has 5 N–H and O–H groups in total. The molecule has 0 aliphatic carbocycles. The van der Waals surface area contributed by atoms with Gasteiger partial charge in [-0.15, -0.1) is 0 Å². The summed E-state index contributed by atoms with van der Waals surface area (Å²) < 4.78 is 0. The number of nitrogens with one attached hydrogen (secondary N) is 3. The summed E-state index contributed by atoms with van der Waals surface area (Å²) in [4.78, 5) is 12.4. The fourth-order valence-electron chi connectivity index (χ4n) is 2.89. The quantitative estimate of drug-likeness (QED) is 0.359. The molecule has 156 valence electrons. The molecule has 0 fully saturated rings. The molecule has 0 aliphatic heterocycles. The maximum Gasteiger partial charge on any atom is 0.255 e. The lowest BCUT2D eigenvalue weighted by Gasteiger charge is -2.18. The van der Waals surface area contributed by atoms with Gasteiger partial charge in [-0.1, -0.05) is 20.8 Å². The van der Waals surface area contributed by atoms with Gasteiger partial charge < -0.3 is 21.7 Å². The van der Waals surface area contributed by atoms with Gasteiger partial charge in [-0.05, 0) is 84.6 Å². The zero-order valence-electron chi connectivity index (χ0n) is 17.8. The molecule has 0 unspecified atom stereocenters. The van der Waals surface area contributed by atoms with Crippen LogP contribution in [-0.2, 0) is 0 Å². The van der Waals surface area contributed by atoms with Crippen molar-refractivity contribution in [2.24, 2.45) is 5.41 Å². The normalized spacial score (nSPS) is 11.0. The highest BCUT2D eigenvalue weighted by Gasteiger charge is 2.09. The molecular weight excluding hydrogens is 372 g/mol. The predicted molar refractivity (Wildman–Crippen MR) is 128 cm³/mol. The molecule has 0 atom stereocenters. The Labute approximate surface area is 178 Å². The Kier molecular flexibility index (Phi) is 6.62. The Bertz CT molecular complexity index is 956. The monoisotopic (exact) mass is 402 g/mol. The van der Waals surface area contributed by atoms with Gasteiger partial charge in [0.1, 0.15) is 0 Å². The molecule has 3 aromatic rings. The number of carbonyl (C=O) groups excluding carboxylic acids is 1. The van der Waals surface area contributed by atoms with Gasteiger partial charge in [-0.2, -0.15) is 0 Å². The molecule has 5 heteroatoms. The van der Waals surface area contributed by atoms with Crippen molar-refractivity contribution in [1.29, 1.82) is 0 Å². The van der Waals surface area contributed by atoms with Crippen molar-refractivity contribution in [1.82, 2.24) is 0 Å². The van der Waals surface area contributed by atoms with Gasteiger partial charge in [-0.25, -0.2) is 0 Å². The van der Waals surface area contributed by atoms with Gasteiger partial charge in [0.15, 0.2) is 0 Å². The maximum absolute atomic E-state index is 12.4. The number of hydrogen-bond acceptors (Lipinski definition) is 4. The Morgan fingerprint density at radius 2 is 1.27 bits per heavy atom. The van der Waals surface area contributed by atoms with Crippen molar-refractivity contribution in [3.8, 4) is 0 Å². The van der Waals surface area contributed by atoms with Crippen molar-refractivity contribution in [3.63, 3.8) is 0 Å². The molecule has 3 aromatic carbocycles. The van der Waals surface area contributed by atoms with E-state index in [4.69, 9.17) is 5.73 Å². The number of nitrogen functional groups attached to an aromatic ring is 1. The summed E-state index contributed by atoms with van der Waals surface area (Å²) >= 11 is 0. The summed E-state index contributed by atoms with van der Waals surface area (Å²) in [6.07, 6.45) is 1.12. The van der Waals surface area contributed by atoms with Gasteiger partial charge in [0.05, 0.1) is 0 Å². The molecule has 1 amide bonds. The van der Waals surface area contributed by atoms with Gasteiger partial charge in [0.25, 0.3) is 5.91 Å². The van der Waals surface area contributed by atoms with E-state index in [0.717, 1.165) is 30.0 Å². The Hall–Kier alpha value is -3.47. The zero-order valence-corrected chi connectivity index (χ0v) is 17.8. The lowest BCUT2D eigenvalue weighted by atomic mass is 9.92. The third-order valence-corrected chi connectivity index (χ3v) is 4.69. The van der Waals surface area contributed by atoms with E-state index in [9.17, 15) is 4.79 Å². The minimum absolute atomic E-state index is 0.156. The summed E-state index contributed by atoms with van der Waals surface area (Å²) in [7, 11) is 0. The van der Waals surface area contributed by atoms with Crippen LogP contribution in [0.2, 0.25) is 0 Å². The molecule has 0 bridgehead atoms. The number of amides is 1. The number of nitrogens with two attached hydrogens (primary N) is 1. The lowest BCUT2D eigenvalue weighted by molar-refractivity contribution is 0.102. The first-order valence-corrected chi connectivity index (χ1v) is 10.2. The van der Waals surface area contributed by atoms with Gasteiger partial charge in [0.2, 0.25) is 0 Å². The molecule has 5 nitrogen and oxygen atoms in total. The molecule has 0 heterocycles. The second kappa shape index (κ2) is 9.35. The number of benzene rings is 3. The topological polar surface area (TPSA) is 79.2 Å². The van der Waals surface area contributed by atoms with Crippen molar-refractivity contribution in [3.05, 3.63) is 78.4 Å². The highest BCUT2D eigenvalue weighted by atomic mass is 16.1. The SMILES string of the molecule is CC(C)(C)CCNc1ccc(Nc2ccc(C(=O)Nc3ccc(N)cc3)cc2)cc1. The summed E-state index contributed by atoms with van der Waals surface area (Å²) in [6, 6.07) is 22.7. The average Bonchev–Trinajstić information content (AvgIpc) is 2.71. The maximum atomic E-state index is 12.4. The Balaban J connectivity index is 1.53. The number of hydrogen-bond donors (Lipinski definition) is 4. The number of rotatable bonds is 7. The molecule has 0 spiro atoms. The molecule has 30 heavy (non-hydrogen) atoms. The fraction of sp³-hybridized carbons (Fsp3) is 0.240. The van der Waals surface area contributed by atoms with E-state index in [2.05, 4.69) is 48.9 Å². The van der Waals surface area contributed by atoms with Crippen LogP contribution in [0.4, 0.5) is 28.4 Å². The highest BCUT2D eigenvalue weighted by Crippen LogP contribution is 2.22. The van der Waals surface area contributed by atoms with Crippen LogP contribution < -0.4 is 21.7 Å². The highest BCUT2D eigenvalue weighted by molar-refractivity contribution is 6.04. The van der Waals surface area contributed by atoms with E-state index >= 15 is 0 Å². The average molecular weight is 403 g/mol. The fourth-order valence-corrected chi connectivity index (χ4v) is 2.89. The van der Waals surface area contributed by atoms with Crippen molar-refractivity contribution < 1.29 is 4.79 Å². The third-order valence-electron chi connectivity index (χ3n) is 4.69. The smallest absolute Gasteiger partial charge is 0.255 e. The van der Waals surface area contributed by atoms with E-state index < -0.39 is 0 Å². The van der Waals surface area contributed by atoms with Gasteiger partial charge in [-0.3, -0.25) is 4.79 Å². The summed E-state index contributed by atoms with van der Waals surface area (Å²) in [5, 5.41) is 9.68. The van der Waals surface area contributed by atoms with Crippen LogP contribution in [0.3, 0.4) is 0 Å².